The van der Waals surface area contributed by atoms with E-state index in [1.165, 1.54) is 0 Å². The zero-order valence-electron chi connectivity index (χ0n) is 10.6. The van der Waals surface area contributed by atoms with Crippen LogP contribution in [0, 0.1) is 0 Å². The molecule has 0 spiro atoms. The Kier molecular flexibility index (Phi) is 4.74. The van der Waals surface area contributed by atoms with E-state index in [0.29, 0.717) is 19.1 Å². The normalized spacial score (nSPS) is 21.4. The Morgan fingerprint density at radius 3 is 2.69 bits per heavy atom. The highest BCUT2D eigenvalue weighted by atomic mass is 16.5. The Bertz CT molecular complexity index is 241. The number of ether oxygens (including phenoxy) is 1. The van der Waals surface area contributed by atoms with Crippen molar-refractivity contribution >= 4 is 5.91 Å². The molecule has 0 heterocycles. The van der Waals surface area contributed by atoms with Gasteiger partial charge in [0, 0.05) is 12.6 Å². The maximum Gasteiger partial charge on any atom is 0.237 e. The Balaban J connectivity index is 2.34. The lowest BCUT2D eigenvalue weighted by Gasteiger charge is -2.28. The van der Waals surface area contributed by atoms with Gasteiger partial charge in [0.1, 0.15) is 0 Å². The highest BCUT2D eigenvalue weighted by molar-refractivity contribution is 5.84. The van der Waals surface area contributed by atoms with Crippen molar-refractivity contribution in [2.45, 2.75) is 64.1 Å². The van der Waals surface area contributed by atoms with Gasteiger partial charge >= 0.3 is 0 Å². The van der Waals surface area contributed by atoms with Gasteiger partial charge in [-0.05, 0) is 39.5 Å². The van der Waals surface area contributed by atoms with Crippen molar-refractivity contribution in [3.8, 4) is 0 Å². The number of rotatable bonds is 8. The highest BCUT2D eigenvalue weighted by Gasteiger charge is 2.36. The third-order valence-corrected chi connectivity index (χ3v) is 3.22. The summed E-state index contributed by atoms with van der Waals surface area (Å²) in [6.07, 6.45) is 4.18. The van der Waals surface area contributed by atoms with Gasteiger partial charge < -0.3 is 15.8 Å². The quantitative estimate of drug-likeness (QED) is 0.656. The van der Waals surface area contributed by atoms with Crippen LogP contribution in [-0.4, -0.2) is 30.2 Å². The lowest BCUT2D eigenvalue weighted by Crippen LogP contribution is -2.54. The van der Waals surface area contributed by atoms with Crippen LogP contribution < -0.4 is 11.1 Å². The predicted molar refractivity (Wildman–Crippen MR) is 64.1 cm³/mol. The van der Waals surface area contributed by atoms with E-state index >= 15 is 0 Å². The number of nitrogens with one attached hydrogen (secondary N) is 1. The number of nitrogens with two attached hydrogens (primary N) is 1. The van der Waals surface area contributed by atoms with Gasteiger partial charge in [0.05, 0.1) is 11.6 Å². The Morgan fingerprint density at radius 2 is 2.25 bits per heavy atom. The number of hydrogen-bond acceptors (Lipinski definition) is 3. The number of amides is 1. The first-order valence-electron chi connectivity index (χ1n) is 6.17. The van der Waals surface area contributed by atoms with Gasteiger partial charge in [-0.3, -0.25) is 4.79 Å². The molecule has 4 heteroatoms. The average Bonchev–Trinajstić information content (AvgIpc) is 3.01. The second-order valence-corrected chi connectivity index (χ2v) is 4.95. The molecule has 1 fully saturated rings. The van der Waals surface area contributed by atoms with Gasteiger partial charge in [-0.15, -0.1) is 0 Å². The van der Waals surface area contributed by atoms with Gasteiger partial charge in [0.25, 0.3) is 0 Å². The van der Waals surface area contributed by atoms with Crippen LogP contribution in [0.1, 0.15) is 46.5 Å². The van der Waals surface area contributed by atoms with Crippen molar-refractivity contribution in [1.29, 1.82) is 0 Å². The van der Waals surface area contributed by atoms with Crippen molar-refractivity contribution in [3.05, 3.63) is 0 Å². The van der Waals surface area contributed by atoms with Crippen molar-refractivity contribution in [1.82, 2.24) is 5.32 Å². The maximum atomic E-state index is 11.4. The van der Waals surface area contributed by atoms with E-state index in [1.54, 1.807) is 0 Å². The van der Waals surface area contributed by atoms with Crippen molar-refractivity contribution in [2.75, 3.05) is 6.61 Å². The lowest BCUT2D eigenvalue weighted by molar-refractivity contribution is -0.125. The standard InChI is InChI=1S/C12H24N2O2/c1-4-9(2)16-8-7-12(3,11(13)15)14-10-5-6-10/h9-10,14H,4-8H2,1-3H3,(H2,13,15). The number of carbonyl (C=O) groups is 1. The average molecular weight is 228 g/mol. The number of hydrogen-bond donors (Lipinski definition) is 2. The molecule has 1 aliphatic rings. The summed E-state index contributed by atoms with van der Waals surface area (Å²) in [5.41, 5.74) is 4.82. The van der Waals surface area contributed by atoms with Crippen molar-refractivity contribution in [2.24, 2.45) is 5.73 Å². The summed E-state index contributed by atoms with van der Waals surface area (Å²) in [7, 11) is 0. The highest BCUT2D eigenvalue weighted by Crippen LogP contribution is 2.24. The third kappa shape index (κ3) is 4.10. The minimum Gasteiger partial charge on any atom is -0.378 e. The van der Waals surface area contributed by atoms with E-state index in [0.717, 1.165) is 19.3 Å². The SMILES string of the molecule is CCC(C)OCCC(C)(NC1CC1)C(N)=O. The fourth-order valence-electron chi connectivity index (χ4n) is 1.53. The monoisotopic (exact) mass is 228 g/mol. The van der Waals surface area contributed by atoms with E-state index in [2.05, 4.69) is 12.2 Å². The Hall–Kier alpha value is -0.610. The summed E-state index contributed by atoms with van der Waals surface area (Å²) in [6.45, 7) is 6.57. The molecule has 2 atom stereocenters. The predicted octanol–water partition coefficient (Wildman–Crippen LogP) is 1.19. The molecular weight excluding hydrogens is 204 g/mol. The summed E-state index contributed by atoms with van der Waals surface area (Å²) in [5, 5.41) is 3.30. The zero-order valence-corrected chi connectivity index (χ0v) is 10.6. The van der Waals surface area contributed by atoms with Crippen LogP contribution in [0.2, 0.25) is 0 Å². The van der Waals surface area contributed by atoms with Crippen LogP contribution in [0.3, 0.4) is 0 Å². The van der Waals surface area contributed by atoms with Crippen LogP contribution in [0.25, 0.3) is 0 Å². The largest absolute Gasteiger partial charge is 0.378 e. The number of carbonyl (C=O) groups excluding carboxylic acids is 1. The summed E-state index contributed by atoms with van der Waals surface area (Å²) < 4.78 is 5.59. The fourth-order valence-corrected chi connectivity index (χ4v) is 1.53. The molecule has 0 aromatic heterocycles. The maximum absolute atomic E-state index is 11.4. The van der Waals surface area contributed by atoms with Gasteiger partial charge in [-0.25, -0.2) is 0 Å². The molecule has 1 rings (SSSR count). The first kappa shape index (κ1) is 13.5. The molecule has 1 saturated carbocycles. The molecule has 3 N–H and O–H groups in total. The van der Waals surface area contributed by atoms with Crippen LogP contribution in [0.4, 0.5) is 0 Å². The van der Waals surface area contributed by atoms with Crippen LogP contribution in [0.5, 0.6) is 0 Å². The van der Waals surface area contributed by atoms with E-state index in [9.17, 15) is 4.79 Å². The third-order valence-electron chi connectivity index (χ3n) is 3.22. The first-order valence-corrected chi connectivity index (χ1v) is 6.17. The molecule has 0 aromatic carbocycles. The van der Waals surface area contributed by atoms with Gasteiger partial charge in [0.15, 0.2) is 0 Å². The van der Waals surface area contributed by atoms with Crippen LogP contribution in [-0.2, 0) is 9.53 Å². The summed E-state index contributed by atoms with van der Waals surface area (Å²) in [4.78, 5) is 11.4. The molecule has 1 amide bonds. The minimum atomic E-state index is -0.616. The zero-order chi connectivity index (χ0) is 12.2. The molecule has 4 nitrogen and oxygen atoms in total. The Morgan fingerprint density at radius 1 is 1.62 bits per heavy atom. The molecule has 0 bridgehead atoms. The summed E-state index contributed by atoms with van der Waals surface area (Å²) in [5.74, 6) is -0.285. The lowest BCUT2D eigenvalue weighted by atomic mass is 9.97. The van der Waals surface area contributed by atoms with E-state index < -0.39 is 5.54 Å². The number of primary amides is 1. The fraction of sp³-hybridized carbons (Fsp3) is 0.917. The Labute approximate surface area is 97.9 Å². The first-order chi connectivity index (χ1) is 7.48. The van der Waals surface area contributed by atoms with Gasteiger partial charge in [-0.1, -0.05) is 6.92 Å². The minimum absolute atomic E-state index is 0.248. The molecule has 0 radical (unpaired) electrons. The molecule has 0 saturated heterocycles. The molecule has 2 unspecified atom stereocenters. The topological polar surface area (TPSA) is 64.3 Å². The molecular formula is C12H24N2O2. The van der Waals surface area contributed by atoms with Crippen LogP contribution >= 0.6 is 0 Å². The van der Waals surface area contributed by atoms with E-state index in [1.807, 2.05) is 13.8 Å². The summed E-state index contributed by atoms with van der Waals surface area (Å²) in [6, 6.07) is 0.473. The smallest absolute Gasteiger partial charge is 0.237 e. The van der Waals surface area contributed by atoms with Gasteiger partial charge in [0.2, 0.25) is 5.91 Å². The molecule has 0 aromatic rings. The van der Waals surface area contributed by atoms with Crippen molar-refractivity contribution in [3.63, 3.8) is 0 Å². The summed E-state index contributed by atoms with van der Waals surface area (Å²) >= 11 is 0. The molecule has 94 valence electrons. The van der Waals surface area contributed by atoms with Crippen molar-refractivity contribution < 1.29 is 9.53 Å². The van der Waals surface area contributed by atoms with E-state index in [-0.39, 0.29) is 12.0 Å². The van der Waals surface area contributed by atoms with Crippen LogP contribution in [0.15, 0.2) is 0 Å². The second-order valence-electron chi connectivity index (χ2n) is 4.95. The molecule has 16 heavy (non-hydrogen) atoms. The molecule has 0 aliphatic heterocycles. The molecule has 1 aliphatic carbocycles. The second kappa shape index (κ2) is 5.64. The van der Waals surface area contributed by atoms with Gasteiger partial charge in [-0.2, -0.15) is 0 Å². The van der Waals surface area contributed by atoms with E-state index in [4.69, 9.17) is 10.5 Å².